The van der Waals surface area contributed by atoms with Gasteiger partial charge in [-0.3, -0.25) is 4.79 Å². The number of aromatic nitrogens is 3. The molecule has 1 aliphatic heterocycles. The molecule has 0 amide bonds. The van der Waals surface area contributed by atoms with Crippen molar-refractivity contribution in [3.8, 4) is 5.75 Å². The van der Waals surface area contributed by atoms with Gasteiger partial charge in [0.2, 0.25) is 11.1 Å². The predicted molar refractivity (Wildman–Crippen MR) is 139 cm³/mol. The number of carbonyl (C=O) groups excluding carboxylic acids is 1. The van der Waals surface area contributed by atoms with E-state index in [-0.39, 0.29) is 5.78 Å². The van der Waals surface area contributed by atoms with E-state index in [1.165, 1.54) is 11.8 Å². The summed E-state index contributed by atoms with van der Waals surface area (Å²) in [6.45, 7) is 2.68. The number of anilines is 1. The van der Waals surface area contributed by atoms with Gasteiger partial charge >= 0.3 is 0 Å². The zero-order valence-electron chi connectivity index (χ0n) is 18.7. The molecule has 0 bridgehead atoms. The normalized spacial score (nSPS) is 17.3. The molecule has 0 radical (unpaired) electrons. The molecule has 2 heterocycles. The van der Waals surface area contributed by atoms with Gasteiger partial charge in [-0.1, -0.05) is 64.4 Å². The molecule has 1 unspecified atom stereocenters. The average Bonchev–Trinajstić information content (AvgIpc) is 3.24. The highest BCUT2D eigenvalue weighted by Gasteiger charge is 2.38. The minimum absolute atomic E-state index is 0.145. The molecule has 6 nitrogen and oxygen atoms in total. The van der Waals surface area contributed by atoms with Crippen LogP contribution in [-0.4, -0.2) is 27.2 Å². The number of nitrogens with zero attached hydrogens (tertiary/aromatic N) is 3. The monoisotopic (exact) mass is 558 g/mol. The van der Waals surface area contributed by atoms with Gasteiger partial charge in [0.25, 0.3) is 0 Å². The van der Waals surface area contributed by atoms with Crippen molar-refractivity contribution in [2.75, 3.05) is 11.9 Å². The second kappa shape index (κ2) is 10.1. The summed E-state index contributed by atoms with van der Waals surface area (Å²) in [5, 5.41) is 9.58. The van der Waals surface area contributed by atoms with Crippen molar-refractivity contribution in [3.63, 3.8) is 0 Å². The Balaban J connectivity index is 1.56. The van der Waals surface area contributed by atoms with Crippen molar-refractivity contribution in [1.29, 1.82) is 0 Å². The highest BCUT2D eigenvalue weighted by atomic mass is 79.9. The first kappa shape index (κ1) is 23.5. The molecule has 0 saturated heterocycles. The Hall–Kier alpha value is -2.29. The highest BCUT2D eigenvalue weighted by Crippen LogP contribution is 2.44. The Kier molecular flexibility index (Phi) is 6.99. The quantitative estimate of drug-likeness (QED) is 0.321. The van der Waals surface area contributed by atoms with E-state index in [9.17, 15) is 4.79 Å². The van der Waals surface area contributed by atoms with Gasteiger partial charge in [0.1, 0.15) is 11.8 Å². The molecule has 2 aromatic carbocycles. The van der Waals surface area contributed by atoms with Crippen LogP contribution in [-0.2, 0) is 10.5 Å². The molecule has 9 heteroatoms. The van der Waals surface area contributed by atoms with E-state index < -0.39 is 6.04 Å². The second-order valence-corrected chi connectivity index (χ2v) is 10.5. The van der Waals surface area contributed by atoms with E-state index in [0.717, 1.165) is 56.9 Å². The van der Waals surface area contributed by atoms with Gasteiger partial charge in [0.15, 0.2) is 5.78 Å². The molecule has 34 heavy (non-hydrogen) atoms. The molecule has 176 valence electrons. The summed E-state index contributed by atoms with van der Waals surface area (Å²) < 4.78 is 8.85. The molecule has 0 fully saturated rings. The number of thioether (sulfide) groups is 1. The number of ether oxygens (including phenoxy) is 1. The zero-order chi connectivity index (χ0) is 23.7. The number of halogens is 2. The lowest BCUT2D eigenvalue weighted by atomic mass is 9.85. The SMILES string of the molecule is CCCOc1ccc(Br)cc1C1C2=C(CCCC2=O)Nc2nc(SCc3ccccc3Cl)nn21. The highest BCUT2D eigenvalue weighted by molar-refractivity contribution is 9.10. The summed E-state index contributed by atoms with van der Waals surface area (Å²) in [6.07, 6.45) is 3.07. The minimum atomic E-state index is -0.398. The summed E-state index contributed by atoms with van der Waals surface area (Å²) >= 11 is 11.5. The van der Waals surface area contributed by atoms with Gasteiger partial charge in [0, 0.05) is 38.5 Å². The molecule has 1 aromatic heterocycles. The third-order valence-electron chi connectivity index (χ3n) is 5.89. The molecule has 2 aliphatic rings. The van der Waals surface area contributed by atoms with Crippen LogP contribution in [0.1, 0.15) is 49.8 Å². The largest absolute Gasteiger partial charge is 0.493 e. The summed E-state index contributed by atoms with van der Waals surface area (Å²) in [5.74, 6) is 2.20. The second-order valence-electron chi connectivity index (χ2n) is 8.27. The van der Waals surface area contributed by atoms with Gasteiger partial charge in [0.05, 0.1) is 6.61 Å². The fourth-order valence-corrected chi connectivity index (χ4v) is 5.81. The number of nitrogens with one attached hydrogen (secondary N) is 1. The summed E-state index contributed by atoms with van der Waals surface area (Å²) in [4.78, 5) is 17.9. The molecule has 0 saturated carbocycles. The summed E-state index contributed by atoms with van der Waals surface area (Å²) in [5.41, 5.74) is 3.62. The molecular formula is C25H24BrClN4O2S. The maximum atomic E-state index is 13.2. The van der Waals surface area contributed by atoms with E-state index in [2.05, 4.69) is 28.2 Å². The molecule has 1 aliphatic carbocycles. The topological polar surface area (TPSA) is 69.0 Å². The smallest absolute Gasteiger partial charge is 0.227 e. The minimum Gasteiger partial charge on any atom is -0.493 e. The first-order valence-electron chi connectivity index (χ1n) is 11.3. The van der Waals surface area contributed by atoms with Crippen LogP contribution in [0, 0.1) is 0 Å². The van der Waals surface area contributed by atoms with Crippen LogP contribution >= 0.6 is 39.3 Å². The van der Waals surface area contributed by atoms with Crippen LogP contribution < -0.4 is 10.1 Å². The summed E-state index contributed by atoms with van der Waals surface area (Å²) in [6, 6.07) is 13.3. The van der Waals surface area contributed by atoms with Crippen LogP contribution in [0.2, 0.25) is 5.02 Å². The Bertz CT molecular complexity index is 1280. The van der Waals surface area contributed by atoms with E-state index in [1.807, 2.05) is 47.1 Å². The number of hydrogen-bond acceptors (Lipinski definition) is 6. The lowest BCUT2D eigenvalue weighted by molar-refractivity contribution is -0.116. The third kappa shape index (κ3) is 4.63. The standard InChI is InChI=1S/C25H24BrClN4O2S/c1-2-12-33-21-11-10-16(26)13-17(21)23-22-19(8-5-9-20(22)32)28-24-29-25(30-31(23)24)34-14-15-6-3-4-7-18(15)27/h3-4,6-7,10-11,13,23H,2,5,8-9,12,14H2,1H3,(H,28,29,30). The van der Waals surface area contributed by atoms with Crippen molar-refractivity contribution in [2.45, 2.75) is 49.6 Å². The lowest BCUT2D eigenvalue weighted by Crippen LogP contribution is -2.31. The fourth-order valence-electron chi connectivity index (χ4n) is 4.32. The molecule has 3 aromatic rings. The molecule has 0 spiro atoms. The van der Waals surface area contributed by atoms with Crippen molar-refractivity contribution in [2.24, 2.45) is 0 Å². The molecule has 5 rings (SSSR count). The third-order valence-corrected chi connectivity index (χ3v) is 7.64. The van der Waals surface area contributed by atoms with Gasteiger partial charge in [-0.2, -0.15) is 4.98 Å². The van der Waals surface area contributed by atoms with Crippen molar-refractivity contribution < 1.29 is 9.53 Å². The van der Waals surface area contributed by atoms with Crippen LogP contribution in [0.15, 0.2) is 63.4 Å². The number of ketones is 1. The molecule has 1 N–H and O–H groups in total. The van der Waals surface area contributed by atoms with Crippen LogP contribution in [0.3, 0.4) is 0 Å². The Morgan fingerprint density at radius 2 is 2.12 bits per heavy atom. The molecular weight excluding hydrogens is 536 g/mol. The number of benzene rings is 2. The van der Waals surface area contributed by atoms with Crippen LogP contribution in [0.25, 0.3) is 0 Å². The number of Topliss-reactive ketones (excluding diaryl/α,β-unsaturated/α-hetero) is 1. The molecule has 1 atom stereocenters. The number of rotatable bonds is 7. The first-order valence-corrected chi connectivity index (χ1v) is 13.5. The Morgan fingerprint density at radius 1 is 1.26 bits per heavy atom. The van der Waals surface area contributed by atoms with Gasteiger partial charge in [-0.15, -0.1) is 5.10 Å². The van der Waals surface area contributed by atoms with Crippen molar-refractivity contribution in [3.05, 3.63) is 74.4 Å². The van der Waals surface area contributed by atoms with E-state index in [1.54, 1.807) is 0 Å². The van der Waals surface area contributed by atoms with Crippen molar-refractivity contribution >= 4 is 51.0 Å². The number of allylic oxidation sites excluding steroid dienone is 2. The van der Waals surface area contributed by atoms with E-state index >= 15 is 0 Å². The zero-order valence-corrected chi connectivity index (χ0v) is 21.8. The van der Waals surface area contributed by atoms with Crippen LogP contribution in [0.5, 0.6) is 5.75 Å². The maximum absolute atomic E-state index is 13.2. The summed E-state index contributed by atoms with van der Waals surface area (Å²) in [7, 11) is 0. The van der Waals surface area contributed by atoms with Crippen LogP contribution in [0.4, 0.5) is 5.95 Å². The Morgan fingerprint density at radius 3 is 2.94 bits per heavy atom. The predicted octanol–water partition coefficient (Wildman–Crippen LogP) is 6.80. The van der Waals surface area contributed by atoms with Gasteiger partial charge in [-0.05, 0) is 49.1 Å². The van der Waals surface area contributed by atoms with Gasteiger partial charge in [-0.25, -0.2) is 4.68 Å². The number of hydrogen-bond donors (Lipinski definition) is 1. The maximum Gasteiger partial charge on any atom is 0.227 e. The van der Waals surface area contributed by atoms with Gasteiger partial charge < -0.3 is 10.1 Å². The van der Waals surface area contributed by atoms with Crippen molar-refractivity contribution in [1.82, 2.24) is 14.8 Å². The first-order chi connectivity index (χ1) is 16.5. The van der Waals surface area contributed by atoms with E-state index in [4.69, 9.17) is 26.4 Å². The van der Waals surface area contributed by atoms with E-state index in [0.29, 0.717) is 29.9 Å². The number of carbonyl (C=O) groups is 1. The number of fused-ring (bicyclic) bond motifs is 1. The average molecular weight is 560 g/mol. The lowest BCUT2D eigenvalue weighted by Gasteiger charge is -2.33. The Labute approximate surface area is 216 Å². The fraction of sp³-hybridized carbons (Fsp3) is 0.320.